The quantitative estimate of drug-likeness (QED) is 0.933. The highest BCUT2D eigenvalue weighted by atomic mass is 32.2. The fourth-order valence-electron chi connectivity index (χ4n) is 2.08. The summed E-state index contributed by atoms with van der Waals surface area (Å²) in [5.41, 5.74) is -0.117. The molecule has 0 unspecified atom stereocenters. The number of sulfonamides is 1. The summed E-state index contributed by atoms with van der Waals surface area (Å²) in [5, 5.41) is 18.4. The largest absolute Gasteiger partial charge is 0.478 e. The van der Waals surface area contributed by atoms with Gasteiger partial charge in [-0.25, -0.2) is 17.5 Å². The van der Waals surface area contributed by atoms with Crippen LogP contribution in [0, 0.1) is 11.3 Å². The maximum Gasteiger partial charge on any atom is 0.337 e. The standard InChI is InChI=1S/C15H12N2O4S/c1-22(20,21)17(11-6-3-2-4-7-11)14-9-5-8-12(15(18)19)13(14)10-16/h2-9H,1H3,(H,18,19). The highest BCUT2D eigenvalue weighted by Crippen LogP contribution is 2.32. The van der Waals surface area contributed by atoms with Gasteiger partial charge in [-0.2, -0.15) is 5.26 Å². The summed E-state index contributed by atoms with van der Waals surface area (Å²) in [6.45, 7) is 0. The lowest BCUT2D eigenvalue weighted by atomic mass is 10.1. The summed E-state index contributed by atoms with van der Waals surface area (Å²) in [6, 6.07) is 14.0. The maximum absolute atomic E-state index is 12.2. The van der Waals surface area contributed by atoms with Crippen molar-refractivity contribution in [3.8, 4) is 6.07 Å². The van der Waals surface area contributed by atoms with Crippen LogP contribution < -0.4 is 4.31 Å². The second-order valence-corrected chi connectivity index (χ2v) is 6.31. The fourth-order valence-corrected chi connectivity index (χ4v) is 3.09. The van der Waals surface area contributed by atoms with Crippen LogP contribution in [0.5, 0.6) is 0 Å². The molecule has 0 heterocycles. The number of para-hydroxylation sites is 1. The van der Waals surface area contributed by atoms with Gasteiger partial charge in [-0.15, -0.1) is 0 Å². The molecule has 0 spiro atoms. The molecule has 7 heteroatoms. The number of carboxylic acid groups (broad SMARTS) is 1. The second-order valence-electron chi connectivity index (χ2n) is 4.48. The van der Waals surface area contributed by atoms with Gasteiger partial charge in [0.2, 0.25) is 10.0 Å². The molecule has 0 bridgehead atoms. The van der Waals surface area contributed by atoms with Gasteiger partial charge >= 0.3 is 5.97 Å². The molecular weight excluding hydrogens is 304 g/mol. The van der Waals surface area contributed by atoms with E-state index in [-0.39, 0.29) is 16.8 Å². The van der Waals surface area contributed by atoms with Crippen LogP contribution in [0.4, 0.5) is 11.4 Å². The predicted octanol–water partition coefficient (Wildman–Crippen LogP) is 2.35. The maximum atomic E-state index is 12.2. The summed E-state index contributed by atoms with van der Waals surface area (Å²) in [5.74, 6) is -1.29. The van der Waals surface area contributed by atoms with E-state index in [2.05, 4.69) is 0 Å². The van der Waals surface area contributed by atoms with Crippen molar-refractivity contribution in [2.24, 2.45) is 0 Å². The molecule has 22 heavy (non-hydrogen) atoms. The van der Waals surface area contributed by atoms with E-state index in [4.69, 9.17) is 5.11 Å². The average Bonchev–Trinajstić information content (AvgIpc) is 2.46. The van der Waals surface area contributed by atoms with Gasteiger partial charge in [-0.1, -0.05) is 24.3 Å². The Kier molecular flexibility index (Phi) is 4.15. The van der Waals surface area contributed by atoms with E-state index in [1.165, 1.54) is 18.2 Å². The van der Waals surface area contributed by atoms with Crippen molar-refractivity contribution in [3.05, 3.63) is 59.7 Å². The molecule has 0 fully saturated rings. The first-order chi connectivity index (χ1) is 10.4. The Bertz CT molecular complexity index is 855. The molecule has 0 saturated carbocycles. The van der Waals surface area contributed by atoms with Crippen molar-refractivity contribution in [3.63, 3.8) is 0 Å². The molecule has 2 rings (SSSR count). The van der Waals surface area contributed by atoms with Crippen LogP contribution in [-0.2, 0) is 10.0 Å². The Morgan fingerprint density at radius 3 is 2.27 bits per heavy atom. The first-order valence-corrected chi connectivity index (χ1v) is 8.03. The van der Waals surface area contributed by atoms with E-state index in [0.29, 0.717) is 5.69 Å². The van der Waals surface area contributed by atoms with E-state index >= 15 is 0 Å². The van der Waals surface area contributed by atoms with Gasteiger partial charge < -0.3 is 5.11 Å². The summed E-state index contributed by atoms with van der Waals surface area (Å²) in [6.07, 6.45) is 0.995. The lowest BCUT2D eigenvalue weighted by Gasteiger charge is -2.23. The third-order valence-corrected chi connectivity index (χ3v) is 4.00. The summed E-state index contributed by atoms with van der Waals surface area (Å²) < 4.78 is 25.3. The van der Waals surface area contributed by atoms with Crippen LogP contribution in [0.25, 0.3) is 0 Å². The van der Waals surface area contributed by atoms with E-state index < -0.39 is 16.0 Å². The molecule has 0 amide bonds. The molecule has 0 saturated heterocycles. The molecule has 6 nitrogen and oxygen atoms in total. The Hall–Kier alpha value is -2.85. The van der Waals surface area contributed by atoms with Crippen molar-refractivity contribution in [1.29, 1.82) is 5.26 Å². The Morgan fingerprint density at radius 2 is 1.77 bits per heavy atom. The van der Waals surface area contributed by atoms with Gasteiger partial charge in [0.1, 0.15) is 6.07 Å². The van der Waals surface area contributed by atoms with Crippen LogP contribution in [0.15, 0.2) is 48.5 Å². The molecule has 0 atom stereocenters. The molecule has 0 aliphatic rings. The molecule has 0 radical (unpaired) electrons. The van der Waals surface area contributed by atoms with E-state index in [1.807, 2.05) is 0 Å². The van der Waals surface area contributed by atoms with Gasteiger partial charge in [-0.3, -0.25) is 0 Å². The zero-order valence-electron chi connectivity index (χ0n) is 11.6. The first-order valence-electron chi connectivity index (χ1n) is 6.18. The number of benzene rings is 2. The Morgan fingerprint density at radius 1 is 1.14 bits per heavy atom. The average molecular weight is 316 g/mol. The van der Waals surface area contributed by atoms with Crippen molar-refractivity contribution in [2.45, 2.75) is 0 Å². The summed E-state index contributed by atoms with van der Waals surface area (Å²) in [7, 11) is -3.76. The minimum atomic E-state index is -3.76. The number of aromatic carboxylic acids is 1. The van der Waals surface area contributed by atoms with Gasteiger partial charge in [0, 0.05) is 0 Å². The van der Waals surface area contributed by atoms with E-state index in [0.717, 1.165) is 10.6 Å². The minimum absolute atomic E-state index is 0.0103. The van der Waals surface area contributed by atoms with Gasteiger partial charge in [-0.05, 0) is 24.3 Å². The fraction of sp³-hybridized carbons (Fsp3) is 0.0667. The third-order valence-electron chi connectivity index (χ3n) is 2.93. The topological polar surface area (TPSA) is 98.5 Å². The van der Waals surface area contributed by atoms with E-state index in [1.54, 1.807) is 36.4 Å². The van der Waals surface area contributed by atoms with Crippen LogP contribution in [0.3, 0.4) is 0 Å². The smallest absolute Gasteiger partial charge is 0.337 e. The highest BCUT2D eigenvalue weighted by Gasteiger charge is 2.25. The van der Waals surface area contributed by atoms with Crippen LogP contribution in [0.1, 0.15) is 15.9 Å². The normalized spacial score (nSPS) is 10.7. The lowest BCUT2D eigenvalue weighted by Crippen LogP contribution is -2.26. The molecule has 0 aliphatic heterocycles. The van der Waals surface area contributed by atoms with Crippen molar-refractivity contribution >= 4 is 27.4 Å². The van der Waals surface area contributed by atoms with Crippen LogP contribution >= 0.6 is 0 Å². The third kappa shape index (κ3) is 2.92. The molecule has 112 valence electrons. The number of carboxylic acids is 1. The number of nitrogens with zero attached hydrogens (tertiary/aromatic N) is 2. The molecule has 0 aromatic heterocycles. The SMILES string of the molecule is CS(=O)(=O)N(c1ccccc1)c1cccc(C(=O)O)c1C#N. The molecule has 2 aromatic carbocycles. The van der Waals surface area contributed by atoms with Gasteiger partial charge in [0.25, 0.3) is 0 Å². The first kappa shape index (κ1) is 15.5. The zero-order valence-corrected chi connectivity index (χ0v) is 12.4. The lowest BCUT2D eigenvalue weighted by molar-refractivity contribution is 0.0696. The molecule has 2 aromatic rings. The zero-order chi connectivity index (χ0) is 16.3. The minimum Gasteiger partial charge on any atom is -0.478 e. The molecular formula is C15H12N2O4S. The van der Waals surface area contributed by atoms with E-state index in [9.17, 15) is 18.5 Å². The molecule has 1 N–H and O–H groups in total. The van der Waals surface area contributed by atoms with Crippen molar-refractivity contribution in [2.75, 3.05) is 10.6 Å². The van der Waals surface area contributed by atoms with Crippen LogP contribution in [-0.4, -0.2) is 25.7 Å². The van der Waals surface area contributed by atoms with Gasteiger partial charge in [0.15, 0.2) is 0 Å². The van der Waals surface area contributed by atoms with Gasteiger partial charge in [0.05, 0.1) is 28.8 Å². The van der Waals surface area contributed by atoms with Crippen LogP contribution in [0.2, 0.25) is 0 Å². The Balaban J connectivity index is 2.78. The number of rotatable bonds is 4. The Labute approximate surface area is 127 Å². The summed E-state index contributed by atoms with van der Waals surface area (Å²) >= 11 is 0. The molecule has 0 aliphatic carbocycles. The summed E-state index contributed by atoms with van der Waals surface area (Å²) in [4.78, 5) is 11.2. The number of hydrogen-bond acceptors (Lipinski definition) is 4. The van der Waals surface area contributed by atoms with Crippen molar-refractivity contribution < 1.29 is 18.3 Å². The number of nitriles is 1. The predicted molar refractivity (Wildman–Crippen MR) is 81.5 cm³/mol. The highest BCUT2D eigenvalue weighted by molar-refractivity contribution is 7.92. The second kappa shape index (κ2) is 5.87. The van der Waals surface area contributed by atoms with Crippen molar-refractivity contribution in [1.82, 2.24) is 0 Å². The number of anilines is 2. The number of hydrogen-bond donors (Lipinski definition) is 1. The monoisotopic (exact) mass is 316 g/mol. The number of carbonyl (C=O) groups is 1.